The lowest BCUT2D eigenvalue weighted by Gasteiger charge is -2.11. The van der Waals surface area contributed by atoms with Crippen molar-refractivity contribution in [1.29, 1.82) is 0 Å². The van der Waals surface area contributed by atoms with Crippen LogP contribution in [0.25, 0.3) is 11.4 Å². The van der Waals surface area contributed by atoms with Gasteiger partial charge in [-0.1, -0.05) is 29.4 Å². The van der Waals surface area contributed by atoms with E-state index < -0.39 is 0 Å². The molecule has 6 nitrogen and oxygen atoms in total. The minimum atomic E-state index is 0.0992. The number of hydrogen-bond donors (Lipinski definition) is 1. The molecule has 4 rings (SSSR count). The number of ether oxygens (including phenoxy) is 2. The molecule has 0 bridgehead atoms. The maximum Gasteiger partial charge on any atom is 0.231 e. The van der Waals surface area contributed by atoms with Crippen LogP contribution >= 0.6 is 0 Å². The third-order valence-electron chi connectivity index (χ3n) is 4.99. The summed E-state index contributed by atoms with van der Waals surface area (Å²) in [7, 11) is 0. The van der Waals surface area contributed by atoms with Crippen LogP contribution in [0.4, 0.5) is 0 Å². The second-order valence-electron chi connectivity index (χ2n) is 6.85. The van der Waals surface area contributed by atoms with Gasteiger partial charge in [-0.2, -0.15) is 4.98 Å². The van der Waals surface area contributed by atoms with Gasteiger partial charge in [0.25, 0.3) is 0 Å². The van der Waals surface area contributed by atoms with E-state index in [1.165, 1.54) is 11.1 Å². The number of fused-ring (bicyclic) bond motifs is 1. The Bertz CT molecular complexity index is 967. The third kappa shape index (κ3) is 3.60. The van der Waals surface area contributed by atoms with E-state index in [2.05, 4.69) is 16.2 Å². The maximum atomic E-state index is 6.19. The first kappa shape index (κ1) is 18.5. The van der Waals surface area contributed by atoms with Gasteiger partial charge >= 0.3 is 0 Å². The van der Waals surface area contributed by atoms with Crippen LogP contribution in [-0.2, 0) is 12.8 Å². The van der Waals surface area contributed by atoms with Gasteiger partial charge in [-0.25, -0.2) is 0 Å². The SMILES string of the molecule is CCOc1ccc(Cc2nc(-c3cccc4c3CC[C@@H]4N)no2)cc1OCC. The summed E-state index contributed by atoms with van der Waals surface area (Å²) < 4.78 is 16.8. The van der Waals surface area contributed by atoms with Crippen molar-refractivity contribution in [1.82, 2.24) is 10.1 Å². The Hall–Kier alpha value is -2.86. The molecule has 1 aromatic heterocycles. The maximum absolute atomic E-state index is 6.19. The lowest BCUT2D eigenvalue weighted by molar-refractivity contribution is 0.287. The topological polar surface area (TPSA) is 83.4 Å². The van der Waals surface area contributed by atoms with Gasteiger partial charge in [0.05, 0.1) is 19.6 Å². The first-order valence-corrected chi connectivity index (χ1v) is 9.78. The molecule has 6 heteroatoms. The Labute approximate surface area is 164 Å². The summed E-state index contributed by atoms with van der Waals surface area (Å²) in [5.41, 5.74) is 10.7. The minimum Gasteiger partial charge on any atom is -0.490 e. The van der Waals surface area contributed by atoms with Crippen LogP contribution < -0.4 is 15.2 Å². The monoisotopic (exact) mass is 379 g/mol. The number of aromatic nitrogens is 2. The van der Waals surface area contributed by atoms with Crippen molar-refractivity contribution in [2.45, 2.75) is 39.2 Å². The van der Waals surface area contributed by atoms with Crippen LogP contribution in [0.1, 0.15) is 48.9 Å². The second-order valence-corrected chi connectivity index (χ2v) is 6.85. The summed E-state index contributed by atoms with van der Waals surface area (Å²) in [6.07, 6.45) is 2.45. The normalized spacial score (nSPS) is 15.5. The molecule has 2 N–H and O–H groups in total. The highest BCUT2D eigenvalue weighted by Crippen LogP contribution is 2.35. The zero-order valence-electron chi connectivity index (χ0n) is 16.3. The van der Waals surface area contributed by atoms with E-state index in [1.54, 1.807) is 0 Å². The summed E-state index contributed by atoms with van der Waals surface area (Å²) in [4.78, 5) is 4.62. The van der Waals surface area contributed by atoms with Crippen LogP contribution in [0.15, 0.2) is 40.9 Å². The lowest BCUT2D eigenvalue weighted by Crippen LogP contribution is -2.05. The summed E-state index contributed by atoms with van der Waals surface area (Å²) >= 11 is 0. The average molecular weight is 379 g/mol. The van der Waals surface area contributed by atoms with Crippen LogP contribution in [0.3, 0.4) is 0 Å². The Kier molecular flexibility index (Phi) is 5.30. The molecule has 1 heterocycles. The molecule has 0 saturated carbocycles. The summed E-state index contributed by atoms with van der Waals surface area (Å²) in [5, 5.41) is 4.21. The van der Waals surface area contributed by atoms with Gasteiger partial charge in [-0.15, -0.1) is 0 Å². The number of rotatable bonds is 7. The number of hydrogen-bond acceptors (Lipinski definition) is 6. The highest BCUT2D eigenvalue weighted by molar-refractivity contribution is 5.63. The molecule has 0 amide bonds. The highest BCUT2D eigenvalue weighted by atomic mass is 16.5. The van der Waals surface area contributed by atoms with Crippen LogP contribution in [-0.4, -0.2) is 23.4 Å². The zero-order chi connectivity index (χ0) is 19.5. The molecule has 0 radical (unpaired) electrons. The number of nitrogens with zero attached hydrogens (tertiary/aromatic N) is 2. The highest BCUT2D eigenvalue weighted by Gasteiger charge is 2.24. The first-order valence-electron chi connectivity index (χ1n) is 9.78. The van der Waals surface area contributed by atoms with E-state index in [9.17, 15) is 0 Å². The molecule has 3 aromatic rings. The molecule has 146 valence electrons. The first-order chi connectivity index (χ1) is 13.7. The molecule has 1 aliphatic rings. The van der Waals surface area contributed by atoms with Crippen molar-refractivity contribution < 1.29 is 14.0 Å². The van der Waals surface area contributed by atoms with Gasteiger partial charge in [0.1, 0.15) is 0 Å². The number of benzene rings is 2. The molecule has 28 heavy (non-hydrogen) atoms. The van der Waals surface area contributed by atoms with E-state index >= 15 is 0 Å². The van der Waals surface area contributed by atoms with Crippen molar-refractivity contribution in [3.8, 4) is 22.9 Å². The minimum absolute atomic E-state index is 0.0992. The van der Waals surface area contributed by atoms with Crippen LogP contribution in [0.5, 0.6) is 11.5 Å². The van der Waals surface area contributed by atoms with Gasteiger partial charge in [0, 0.05) is 11.6 Å². The number of nitrogens with two attached hydrogens (primary N) is 1. The molecule has 0 unspecified atom stereocenters. The van der Waals surface area contributed by atoms with E-state index in [0.717, 1.165) is 35.5 Å². The Balaban J connectivity index is 1.57. The molecule has 0 fully saturated rings. The zero-order valence-corrected chi connectivity index (χ0v) is 16.3. The van der Waals surface area contributed by atoms with Gasteiger partial charge < -0.3 is 19.7 Å². The summed E-state index contributed by atoms with van der Waals surface area (Å²) in [5.74, 6) is 2.67. The van der Waals surface area contributed by atoms with Crippen molar-refractivity contribution >= 4 is 0 Å². The van der Waals surface area contributed by atoms with E-state index in [1.807, 2.05) is 44.2 Å². The molecule has 2 aromatic carbocycles. The molecule has 1 atom stereocenters. The quantitative estimate of drug-likeness (QED) is 0.666. The summed E-state index contributed by atoms with van der Waals surface area (Å²) in [6, 6.07) is 12.1. The van der Waals surface area contributed by atoms with Gasteiger partial charge in [-0.3, -0.25) is 0 Å². The standard InChI is InChI=1S/C22H25N3O3/c1-3-26-19-11-8-14(12-20(19)27-4-2)13-21-24-22(25-28-21)17-7-5-6-16-15(17)9-10-18(16)23/h5-8,11-12,18H,3-4,9-10,13,23H2,1-2H3/t18-/m0/s1. The largest absolute Gasteiger partial charge is 0.490 e. The molecular formula is C22H25N3O3. The van der Waals surface area contributed by atoms with Gasteiger partial charge in [0.2, 0.25) is 11.7 Å². The van der Waals surface area contributed by atoms with Crippen molar-refractivity contribution in [3.05, 3.63) is 59.0 Å². The van der Waals surface area contributed by atoms with Gasteiger partial charge in [0.15, 0.2) is 11.5 Å². The van der Waals surface area contributed by atoms with Gasteiger partial charge in [-0.05, 0) is 55.5 Å². The van der Waals surface area contributed by atoms with Crippen LogP contribution in [0, 0.1) is 0 Å². The lowest BCUT2D eigenvalue weighted by atomic mass is 10.0. The van der Waals surface area contributed by atoms with E-state index in [4.69, 9.17) is 19.7 Å². The molecule has 0 aliphatic heterocycles. The Morgan fingerprint density at radius 2 is 1.93 bits per heavy atom. The van der Waals surface area contributed by atoms with E-state index in [-0.39, 0.29) is 6.04 Å². The Morgan fingerprint density at radius 1 is 1.11 bits per heavy atom. The van der Waals surface area contributed by atoms with Crippen LogP contribution in [0.2, 0.25) is 0 Å². The summed E-state index contributed by atoms with van der Waals surface area (Å²) in [6.45, 7) is 5.08. The van der Waals surface area contributed by atoms with Crippen molar-refractivity contribution in [2.75, 3.05) is 13.2 Å². The predicted molar refractivity (Wildman–Crippen MR) is 107 cm³/mol. The Morgan fingerprint density at radius 3 is 2.75 bits per heavy atom. The second kappa shape index (κ2) is 8.02. The molecular weight excluding hydrogens is 354 g/mol. The molecule has 0 saturated heterocycles. The van der Waals surface area contributed by atoms with Crippen molar-refractivity contribution in [3.63, 3.8) is 0 Å². The molecule has 1 aliphatic carbocycles. The predicted octanol–water partition coefficient (Wildman–Crippen LogP) is 4.07. The average Bonchev–Trinajstić information content (AvgIpc) is 3.31. The third-order valence-corrected chi connectivity index (χ3v) is 4.99. The van der Waals surface area contributed by atoms with Crippen molar-refractivity contribution in [2.24, 2.45) is 5.73 Å². The fourth-order valence-corrected chi connectivity index (χ4v) is 3.71. The smallest absolute Gasteiger partial charge is 0.231 e. The fraction of sp³-hybridized carbons (Fsp3) is 0.364. The van der Waals surface area contributed by atoms with E-state index in [0.29, 0.717) is 31.3 Å². The molecule has 0 spiro atoms. The fourth-order valence-electron chi connectivity index (χ4n) is 3.71.